The lowest BCUT2D eigenvalue weighted by atomic mass is 10.1. The molecule has 2 N–H and O–H groups in total. The van der Waals surface area contributed by atoms with E-state index in [0.717, 1.165) is 26.2 Å². The second-order valence-corrected chi connectivity index (χ2v) is 12.2. The van der Waals surface area contributed by atoms with Gasteiger partial charge in [-0.05, 0) is 73.5 Å². The standard InChI is InChI=1S/C23H24BrN3O5S2/c1-16-5-4-6-17(2)23(16)26-34(31,32)21-13-9-19(10-14-21)25-22(28)15-27(33(3,29)30)20-11-7-18(24)8-12-20/h4-14,26H,15H2,1-3H3,(H,25,28). The van der Waals surface area contributed by atoms with Crippen LogP contribution in [0.3, 0.4) is 0 Å². The van der Waals surface area contributed by atoms with Gasteiger partial charge in [-0.1, -0.05) is 34.1 Å². The molecule has 0 aromatic heterocycles. The van der Waals surface area contributed by atoms with Gasteiger partial charge in [0.05, 0.1) is 22.5 Å². The SMILES string of the molecule is Cc1cccc(C)c1NS(=O)(=O)c1ccc(NC(=O)CN(c2ccc(Br)cc2)S(C)(=O)=O)cc1. The summed E-state index contributed by atoms with van der Waals surface area (Å²) in [6, 6.07) is 17.6. The number of nitrogens with zero attached hydrogens (tertiary/aromatic N) is 1. The fourth-order valence-corrected chi connectivity index (χ4v) is 5.55. The van der Waals surface area contributed by atoms with E-state index in [1.807, 2.05) is 32.0 Å². The molecule has 0 aliphatic carbocycles. The highest BCUT2D eigenvalue weighted by atomic mass is 79.9. The Morgan fingerprint density at radius 1 is 0.882 bits per heavy atom. The van der Waals surface area contributed by atoms with Crippen LogP contribution in [0.2, 0.25) is 0 Å². The van der Waals surface area contributed by atoms with E-state index in [4.69, 9.17) is 0 Å². The molecular weight excluding hydrogens is 542 g/mol. The molecule has 1 amide bonds. The molecule has 3 aromatic carbocycles. The fourth-order valence-electron chi connectivity index (χ4n) is 3.22. The van der Waals surface area contributed by atoms with Gasteiger partial charge in [-0.3, -0.25) is 13.8 Å². The van der Waals surface area contributed by atoms with Crippen molar-refractivity contribution in [3.8, 4) is 0 Å². The fraction of sp³-hybridized carbons (Fsp3) is 0.174. The van der Waals surface area contributed by atoms with E-state index in [0.29, 0.717) is 17.1 Å². The van der Waals surface area contributed by atoms with Crippen LogP contribution < -0.4 is 14.3 Å². The average Bonchev–Trinajstić information content (AvgIpc) is 2.75. The summed E-state index contributed by atoms with van der Waals surface area (Å²) in [7, 11) is -7.55. The normalized spacial score (nSPS) is 11.6. The largest absolute Gasteiger partial charge is 0.325 e. The average molecular weight is 566 g/mol. The molecule has 0 atom stereocenters. The Bertz CT molecular complexity index is 1390. The first kappa shape index (κ1) is 25.7. The smallest absolute Gasteiger partial charge is 0.261 e. The summed E-state index contributed by atoms with van der Waals surface area (Å²) in [5.41, 5.74) is 2.80. The van der Waals surface area contributed by atoms with Crippen LogP contribution >= 0.6 is 15.9 Å². The Balaban J connectivity index is 1.73. The Morgan fingerprint density at radius 3 is 1.97 bits per heavy atom. The first-order valence-corrected chi connectivity index (χ1v) is 14.2. The zero-order valence-corrected chi connectivity index (χ0v) is 22.0. The number of nitrogens with one attached hydrogen (secondary N) is 2. The zero-order valence-electron chi connectivity index (χ0n) is 18.7. The van der Waals surface area contributed by atoms with Gasteiger partial charge in [0, 0.05) is 10.2 Å². The minimum Gasteiger partial charge on any atom is -0.325 e. The van der Waals surface area contributed by atoms with Gasteiger partial charge in [-0.15, -0.1) is 0 Å². The molecule has 3 rings (SSSR count). The topological polar surface area (TPSA) is 113 Å². The van der Waals surface area contributed by atoms with Gasteiger partial charge in [-0.25, -0.2) is 16.8 Å². The first-order chi connectivity index (χ1) is 15.9. The molecule has 180 valence electrons. The van der Waals surface area contributed by atoms with Crippen LogP contribution in [0.4, 0.5) is 17.1 Å². The van der Waals surface area contributed by atoms with Crippen molar-refractivity contribution in [1.29, 1.82) is 0 Å². The van der Waals surface area contributed by atoms with Gasteiger partial charge in [0.2, 0.25) is 15.9 Å². The number of carbonyl (C=O) groups excluding carboxylic acids is 1. The van der Waals surface area contributed by atoms with E-state index >= 15 is 0 Å². The van der Waals surface area contributed by atoms with E-state index in [-0.39, 0.29) is 4.90 Å². The predicted molar refractivity (Wildman–Crippen MR) is 138 cm³/mol. The Labute approximate surface area is 208 Å². The first-order valence-electron chi connectivity index (χ1n) is 10.1. The number of rotatable bonds is 8. The molecule has 0 heterocycles. The minimum absolute atomic E-state index is 0.0285. The molecule has 3 aromatic rings. The summed E-state index contributed by atoms with van der Waals surface area (Å²) in [5, 5.41) is 2.60. The Kier molecular flexibility index (Phi) is 7.69. The van der Waals surface area contributed by atoms with Crippen molar-refractivity contribution in [2.45, 2.75) is 18.7 Å². The van der Waals surface area contributed by atoms with E-state index in [2.05, 4.69) is 26.0 Å². The molecule has 34 heavy (non-hydrogen) atoms. The maximum Gasteiger partial charge on any atom is 0.261 e. The van der Waals surface area contributed by atoms with E-state index in [1.54, 1.807) is 24.3 Å². The number of hydrogen-bond donors (Lipinski definition) is 2. The second kappa shape index (κ2) is 10.2. The van der Waals surface area contributed by atoms with Gasteiger partial charge in [0.25, 0.3) is 10.0 Å². The van der Waals surface area contributed by atoms with Crippen molar-refractivity contribution in [1.82, 2.24) is 0 Å². The van der Waals surface area contributed by atoms with Gasteiger partial charge in [0.1, 0.15) is 6.54 Å². The molecular formula is C23H24BrN3O5S2. The number of para-hydroxylation sites is 1. The summed E-state index contributed by atoms with van der Waals surface area (Å²) < 4.78 is 54.4. The predicted octanol–water partition coefficient (Wildman–Crippen LogP) is 4.27. The zero-order chi connectivity index (χ0) is 25.1. The third-order valence-corrected chi connectivity index (χ3v) is 8.00. The molecule has 0 aliphatic heterocycles. The number of halogens is 1. The number of anilines is 3. The van der Waals surface area contributed by atoms with Crippen molar-refractivity contribution in [3.05, 3.63) is 82.3 Å². The van der Waals surface area contributed by atoms with E-state index in [1.165, 1.54) is 24.3 Å². The van der Waals surface area contributed by atoms with Gasteiger partial charge >= 0.3 is 0 Å². The Hall–Kier alpha value is -2.89. The van der Waals surface area contributed by atoms with Crippen LogP contribution in [0.15, 0.2) is 76.1 Å². The summed E-state index contributed by atoms with van der Waals surface area (Å²) >= 11 is 3.29. The molecule has 0 saturated heterocycles. The number of benzene rings is 3. The lowest BCUT2D eigenvalue weighted by molar-refractivity contribution is -0.114. The highest BCUT2D eigenvalue weighted by Gasteiger charge is 2.21. The van der Waals surface area contributed by atoms with Crippen molar-refractivity contribution < 1.29 is 21.6 Å². The molecule has 0 bridgehead atoms. The van der Waals surface area contributed by atoms with Crippen LogP contribution in [0.5, 0.6) is 0 Å². The van der Waals surface area contributed by atoms with E-state index < -0.39 is 32.5 Å². The lowest BCUT2D eigenvalue weighted by Gasteiger charge is -2.22. The molecule has 8 nitrogen and oxygen atoms in total. The lowest BCUT2D eigenvalue weighted by Crippen LogP contribution is -2.37. The number of hydrogen-bond acceptors (Lipinski definition) is 5. The molecule has 0 unspecified atom stereocenters. The summed E-state index contributed by atoms with van der Waals surface area (Å²) in [6.07, 6.45) is 1.02. The van der Waals surface area contributed by atoms with E-state index in [9.17, 15) is 21.6 Å². The number of carbonyl (C=O) groups is 1. The van der Waals surface area contributed by atoms with Crippen LogP contribution in [0, 0.1) is 13.8 Å². The highest BCUT2D eigenvalue weighted by Crippen LogP contribution is 2.24. The van der Waals surface area contributed by atoms with Crippen molar-refractivity contribution in [2.75, 3.05) is 27.1 Å². The summed E-state index contributed by atoms with van der Waals surface area (Å²) in [6.45, 7) is 3.20. The monoisotopic (exact) mass is 565 g/mol. The molecule has 0 fully saturated rings. The second-order valence-electron chi connectivity index (χ2n) is 7.69. The summed E-state index contributed by atoms with van der Waals surface area (Å²) in [4.78, 5) is 12.6. The third kappa shape index (κ3) is 6.37. The Morgan fingerprint density at radius 2 is 1.44 bits per heavy atom. The summed E-state index contributed by atoms with van der Waals surface area (Å²) in [5.74, 6) is -0.572. The van der Waals surface area contributed by atoms with Gasteiger partial charge in [-0.2, -0.15) is 0 Å². The maximum atomic E-state index is 12.8. The molecule has 11 heteroatoms. The van der Waals surface area contributed by atoms with Crippen LogP contribution in [-0.4, -0.2) is 35.5 Å². The highest BCUT2D eigenvalue weighted by molar-refractivity contribution is 9.10. The maximum absolute atomic E-state index is 12.8. The number of amides is 1. The van der Waals surface area contributed by atoms with Gasteiger partial charge in [0.15, 0.2) is 0 Å². The van der Waals surface area contributed by atoms with Crippen LogP contribution in [0.25, 0.3) is 0 Å². The van der Waals surface area contributed by atoms with Gasteiger partial charge < -0.3 is 5.32 Å². The molecule has 0 saturated carbocycles. The van der Waals surface area contributed by atoms with Crippen LogP contribution in [0.1, 0.15) is 11.1 Å². The van der Waals surface area contributed by atoms with Crippen molar-refractivity contribution >= 4 is 58.9 Å². The number of sulfonamides is 2. The third-order valence-electron chi connectivity index (χ3n) is 4.97. The minimum atomic E-state index is -3.84. The quantitative estimate of drug-likeness (QED) is 0.423. The molecule has 0 radical (unpaired) electrons. The van der Waals surface area contributed by atoms with Crippen molar-refractivity contribution in [3.63, 3.8) is 0 Å². The molecule has 0 spiro atoms. The van der Waals surface area contributed by atoms with Crippen LogP contribution in [-0.2, 0) is 24.8 Å². The molecule has 0 aliphatic rings. The number of aryl methyl sites for hydroxylation is 2. The van der Waals surface area contributed by atoms with Crippen molar-refractivity contribution in [2.24, 2.45) is 0 Å².